The molecular weight excluding hydrogens is 253 g/mol. The number of rotatable bonds is 5. The van der Waals surface area contributed by atoms with Crippen LogP contribution < -0.4 is 5.73 Å². The highest BCUT2D eigenvalue weighted by atomic mass is 19.4. The topological polar surface area (TPSA) is 29.3 Å². The van der Waals surface area contributed by atoms with E-state index in [0.717, 1.165) is 18.4 Å². The lowest BCUT2D eigenvalue weighted by Crippen LogP contribution is -2.48. The molecule has 1 aromatic carbocycles. The van der Waals surface area contributed by atoms with Gasteiger partial charge in [0.05, 0.1) is 12.1 Å². The van der Waals surface area contributed by atoms with Crippen LogP contribution in [0.4, 0.5) is 13.2 Å². The minimum Gasteiger partial charge on any atom is -0.321 e. The Labute approximate surface area is 111 Å². The number of nitrogens with zero attached hydrogens (tertiary/aromatic N) is 1. The molecule has 106 valence electrons. The molecule has 0 aromatic heterocycles. The fourth-order valence-corrected chi connectivity index (χ4v) is 2.32. The van der Waals surface area contributed by atoms with Crippen molar-refractivity contribution in [2.24, 2.45) is 5.73 Å². The van der Waals surface area contributed by atoms with E-state index < -0.39 is 18.3 Å². The van der Waals surface area contributed by atoms with Crippen LogP contribution in [0.5, 0.6) is 0 Å². The van der Waals surface area contributed by atoms with Gasteiger partial charge in [0.15, 0.2) is 0 Å². The van der Waals surface area contributed by atoms with Gasteiger partial charge >= 0.3 is 6.18 Å². The first-order valence-corrected chi connectivity index (χ1v) is 6.43. The summed E-state index contributed by atoms with van der Waals surface area (Å²) in [5.41, 5.74) is 6.31. The summed E-state index contributed by atoms with van der Waals surface area (Å²) >= 11 is 0. The monoisotopic (exact) mass is 272 g/mol. The number of nitrogens with two attached hydrogens (primary N) is 1. The second-order valence-electron chi connectivity index (χ2n) is 5.53. The van der Waals surface area contributed by atoms with Crippen LogP contribution in [0.2, 0.25) is 0 Å². The third-order valence-corrected chi connectivity index (χ3v) is 3.41. The summed E-state index contributed by atoms with van der Waals surface area (Å²) in [5.74, 6) is 0. The molecule has 1 saturated carbocycles. The molecule has 1 aliphatic rings. The van der Waals surface area contributed by atoms with E-state index in [9.17, 15) is 13.2 Å². The summed E-state index contributed by atoms with van der Waals surface area (Å²) in [6.07, 6.45) is -2.50. The van der Waals surface area contributed by atoms with Crippen molar-refractivity contribution in [2.45, 2.75) is 37.5 Å². The standard InChI is InChI=1S/C14H19F3N2/c1-13(18,11-5-3-2-4-6-11)9-19(12-7-8-12)10-14(15,16)17/h2-6,12H,7-10,18H2,1H3. The lowest BCUT2D eigenvalue weighted by molar-refractivity contribution is -0.148. The molecule has 2 N–H and O–H groups in total. The van der Waals surface area contributed by atoms with Gasteiger partial charge in [0.1, 0.15) is 0 Å². The predicted molar refractivity (Wildman–Crippen MR) is 68.6 cm³/mol. The van der Waals surface area contributed by atoms with Crippen LogP contribution in [-0.2, 0) is 5.54 Å². The van der Waals surface area contributed by atoms with E-state index in [1.807, 2.05) is 30.3 Å². The number of hydrogen-bond donors (Lipinski definition) is 1. The zero-order valence-electron chi connectivity index (χ0n) is 11.0. The lowest BCUT2D eigenvalue weighted by atomic mass is 9.92. The van der Waals surface area contributed by atoms with Crippen molar-refractivity contribution >= 4 is 0 Å². The number of alkyl halides is 3. The predicted octanol–water partition coefficient (Wildman–Crippen LogP) is 2.89. The zero-order chi connectivity index (χ0) is 14.1. The number of hydrogen-bond acceptors (Lipinski definition) is 2. The molecule has 0 saturated heterocycles. The lowest BCUT2D eigenvalue weighted by Gasteiger charge is -2.33. The zero-order valence-corrected chi connectivity index (χ0v) is 11.0. The minimum absolute atomic E-state index is 0.0354. The molecular formula is C14H19F3N2. The van der Waals surface area contributed by atoms with Gasteiger partial charge < -0.3 is 5.73 Å². The molecule has 1 aliphatic carbocycles. The Balaban J connectivity index is 2.08. The first-order valence-electron chi connectivity index (χ1n) is 6.43. The summed E-state index contributed by atoms with van der Waals surface area (Å²) in [6, 6.07) is 9.33. The summed E-state index contributed by atoms with van der Waals surface area (Å²) < 4.78 is 37.8. The van der Waals surface area contributed by atoms with E-state index in [-0.39, 0.29) is 12.6 Å². The highest BCUT2D eigenvalue weighted by molar-refractivity contribution is 5.23. The van der Waals surface area contributed by atoms with E-state index in [1.54, 1.807) is 6.92 Å². The molecule has 1 aromatic rings. The normalized spacial score (nSPS) is 19.5. The second-order valence-corrected chi connectivity index (χ2v) is 5.53. The van der Waals surface area contributed by atoms with Gasteiger partial charge in [-0.15, -0.1) is 0 Å². The molecule has 0 bridgehead atoms. The summed E-state index contributed by atoms with van der Waals surface area (Å²) in [4.78, 5) is 1.47. The third-order valence-electron chi connectivity index (χ3n) is 3.41. The Morgan fingerprint density at radius 1 is 1.16 bits per heavy atom. The van der Waals surface area contributed by atoms with E-state index in [2.05, 4.69) is 0 Å². The van der Waals surface area contributed by atoms with E-state index >= 15 is 0 Å². The van der Waals surface area contributed by atoms with Crippen molar-refractivity contribution in [1.82, 2.24) is 4.90 Å². The van der Waals surface area contributed by atoms with Crippen LogP contribution in [0.3, 0.4) is 0 Å². The largest absolute Gasteiger partial charge is 0.401 e. The Morgan fingerprint density at radius 2 is 1.74 bits per heavy atom. The average molecular weight is 272 g/mol. The highest BCUT2D eigenvalue weighted by Gasteiger charge is 2.40. The molecule has 0 aliphatic heterocycles. The Morgan fingerprint density at radius 3 is 2.21 bits per heavy atom. The summed E-state index contributed by atoms with van der Waals surface area (Å²) in [6.45, 7) is 1.13. The van der Waals surface area contributed by atoms with Crippen molar-refractivity contribution in [1.29, 1.82) is 0 Å². The van der Waals surface area contributed by atoms with Crippen LogP contribution in [0.15, 0.2) is 30.3 Å². The SMILES string of the molecule is CC(N)(CN(CC(F)(F)F)C1CC1)c1ccccc1. The maximum Gasteiger partial charge on any atom is 0.401 e. The quantitative estimate of drug-likeness (QED) is 0.893. The van der Waals surface area contributed by atoms with E-state index in [1.165, 1.54) is 4.90 Å². The Bertz CT molecular complexity index is 410. The van der Waals surface area contributed by atoms with Crippen molar-refractivity contribution in [2.75, 3.05) is 13.1 Å². The number of halogens is 3. The smallest absolute Gasteiger partial charge is 0.321 e. The van der Waals surface area contributed by atoms with Gasteiger partial charge in [-0.3, -0.25) is 4.90 Å². The van der Waals surface area contributed by atoms with Gasteiger partial charge in [-0.1, -0.05) is 30.3 Å². The fraction of sp³-hybridized carbons (Fsp3) is 0.571. The molecule has 1 fully saturated rings. The molecule has 0 spiro atoms. The van der Waals surface area contributed by atoms with Crippen molar-refractivity contribution in [3.63, 3.8) is 0 Å². The minimum atomic E-state index is -4.17. The van der Waals surface area contributed by atoms with Gasteiger partial charge in [-0.2, -0.15) is 13.2 Å². The molecule has 19 heavy (non-hydrogen) atoms. The van der Waals surface area contributed by atoms with Gasteiger partial charge in [-0.05, 0) is 25.3 Å². The maximum atomic E-state index is 12.6. The van der Waals surface area contributed by atoms with Crippen LogP contribution in [0.1, 0.15) is 25.3 Å². The molecule has 2 nitrogen and oxygen atoms in total. The van der Waals surface area contributed by atoms with E-state index in [4.69, 9.17) is 5.73 Å². The molecule has 5 heteroatoms. The van der Waals surface area contributed by atoms with Crippen molar-refractivity contribution in [3.05, 3.63) is 35.9 Å². The first-order chi connectivity index (χ1) is 8.78. The summed E-state index contributed by atoms with van der Waals surface area (Å²) in [5, 5.41) is 0. The first kappa shape index (κ1) is 14.3. The van der Waals surface area contributed by atoms with Gasteiger partial charge in [0, 0.05) is 12.6 Å². The molecule has 2 rings (SSSR count). The number of benzene rings is 1. The van der Waals surface area contributed by atoms with E-state index in [0.29, 0.717) is 0 Å². The highest BCUT2D eigenvalue weighted by Crippen LogP contribution is 2.32. The van der Waals surface area contributed by atoms with Crippen LogP contribution in [0.25, 0.3) is 0 Å². The molecule has 1 atom stereocenters. The van der Waals surface area contributed by atoms with Crippen LogP contribution in [-0.4, -0.2) is 30.2 Å². The average Bonchev–Trinajstić information content (AvgIpc) is 3.11. The van der Waals surface area contributed by atoms with Gasteiger partial charge in [0.25, 0.3) is 0 Å². The third kappa shape index (κ3) is 4.21. The second kappa shape index (κ2) is 5.13. The van der Waals surface area contributed by atoms with Crippen LogP contribution >= 0.6 is 0 Å². The summed E-state index contributed by atoms with van der Waals surface area (Å²) in [7, 11) is 0. The molecule has 0 amide bonds. The molecule has 0 radical (unpaired) electrons. The fourth-order valence-electron chi connectivity index (χ4n) is 2.32. The van der Waals surface area contributed by atoms with Crippen molar-refractivity contribution in [3.8, 4) is 0 Å². The molecule has 0 heterocycles. The van der Waals surface area contributed by atoms with Gasteiger partial charge in [-0.25, -0.2) is 0 Å². The molecule has 1 unspecified atom stereocenters. The Hall–Kier alpha value is -1.07. The van der Waals surface area contributed by atoms with Crippen LogP contribution in [0, 0.1) is 0 Å². The Kier molecular flexibility index (Phi) is 3.87. The van der Waals surface area contributed by atoms with Gasteiger partial charge in [0.2, 0.25) is 0 Å². The maximum absolute atomic E-state index is 12.6. The van der Waals surface area contributed by atoms with Crippen molar-refractivity contribution < 1.29 is 13.2 Å².